The van der Waals surface area contributed by atoms with E-state index in [0.717, 1.165) is 25.7 Å². The van der Waals surface area contributed by atoms with Crippen LogP contribution in [0.2, 0.25) is 0 Å². The van der Waals surface area contributed by atoms with Crippen molar-refractivity contribution < 1.29 is 19.1 Å². The van der Waals surface area contributed by atoms with Crippen molar-refractivity contribution in [2.24, 2.45) is 28.6 Å². The normalized spacial score (nSPS) is 47.4. The summed E-state index contributed by atoms with van der Waals surface area (Å²) in [6.07, 6.45) is 10.1. The number of carbonyl (C=O) groups is 2. The van der Waals surface area contributed by atoms with Crippen molar-refractivity contribution in [2.45, 2.75) is 51.7 Å². The third kappa shape index (κ3) is 1.80. The second-order valence-corrected chi connectivity index (χ2v) is 8.92. The fourth-order valence-corrected chi connectivity index (χ4v) is 6.81. The van der Waals surface area contributed by atoms with Crippen molar-refractivity contribution in [3.63, 3.8) is 0 Å². The molecule has 5 atom stereocenters. The van der Waals surface area contributed by atoms with Crippen LogP contribution < -0.4 is 0 Å². The number of rotatable bonds is 0. The van der Waals surface area contributed by atoms with E-state index < -0.39 is 11.2 Å². The molecule has 0 N–H and O–H groups in total. The van der Waals surface area contributed by atoms with Gasteiger partial charge in [0.2, 0.25) is 0 Å². The van der Waals surface area contributed by atoms with Crippen LogP contribution in [0.4, 0.5) is 0 Å². The molecule has 4 nitrogen and oxygen atoms in total. The van der Waals surface area contributed by atoms with E-state index >= 15 is 0 Å². The molecule has 3 saturated carbocycles. The summed E-state index contributed by atoms with van der Waals surface area (Å²) in [6, 6.07) is 0. The van der Waals surface area contributed by atoms with Crippen LogP contribution in [0.3, 0.4) is 0 Å². The summed E-state index contributed by atoms with van der Waals surface area (Å²) in [6.45, 7) is 5.50. The van der Waals surface area contributed by atoms with E-state index in [0.29, 0.717) is 43.2 Å². The van der Waals surface area contributed by atoms with E-state index in [4.69, 9.17) is 9.47 Å². The van der Waals surface area contributed by atoms with E-state index in [1.807, 2.05) is 6.08 Å². The van der Waals surface area contributed by atoms with E-state index in [2.05, 4.69) is 19.9 Å². The standard InChI is InChI=1S/C21H26O4/c1-19-8-7-14(22)11-13(19)3-4-15-16-5-6-18(23)20(16,2)21(12-17(15)19)24-9-10-25-21/h7-8,11,15-17H,3-6,9-10,12H2,1-2H3/t15-,16-,17-,19-,20-/m0/s1. The number of ether oxygens (including phenoxy) is 2. The van der Waals surface area contributed by atoms with Crippen molar-refractivity contribution in [3.8, 4) is 0 Å². The number of fused-ring (bicyclic) bond motifs is 6. The number of Topliss-reactive ketones (excluding diaryl/α,β-unsaturated/α-hetero) is 1. The highest BCUT2D eigenvalue weighted by molar-refractivity contribution is 6.01. The quantitative estimate of drug-likeness (QED) is 0.678. The van der Waals surface area contributed by atoms with Gasteiger partial charge in [-0.2, -0.15) is 0 Å². The molecule has 0 aromatic carbocycles. The average molecular weight is 342 g/mol. The maximum atomic E-state index is 12.9. The molecule has 4 fully saturated rings. The highest BCUT2D eigenvalue weighted by atomic mass is 16.7. The second-order valence-electron chi connectivity index (χ2n) is 8.92. The lowest BCUT2D eigenvalue weighted by molar-refractivity contribution is -0.279. The molecule has 5 rings (SSSR count). The molecular weight excluding hydrogens is 316 g/mol. The molecule has 1 spiro atoms. The minimum Gasteiger partial charge on any atom is -0.346 e. The molecule has 1 aliphatic heterocycles. The van der Waals surface area contributed by atoms with Gasteiger partial charge in [0.1, 0.15) is 5.78 Å². The zero-order valence-corrected chi connectivity index (χ0v) is 15.0. The van der Waals surface area contributed by atoms with Gasteiger partial charge >= 0.3 is 0 Å². The van der Waals surface area contributed by atoms with Gasteiger partial charge in [-0.15, -0.1) is 0 Å². The zero-order valence-electron chi connectivity index (χ0n) is 15.0. The van der Waals surface area contributed by atoms with Crippen LogP contribution in [0.5, 0.6) is 0 Å². The van der Waals surface area contributed by atoms with Crippen LogP contribution in [0.1, 0.15) is 46.0 Å². The van der Waals surface area contributed by atoms with Crippen molar-refractivity contribution in [1.82, 2.24) is 0 Å². The molecule has 0 bridgehead atoms. The first-order chi connectivity index (χ1) is 11.9. The lowest BCUT2D eigenvalue weighted by atomic mass is 9.46. The molecule has 4 aliphatic carbocycles. The monoisotopic (exact) mass is 342 g/mol. The minimum atomic E-state index is -0.771. The van der Waals surface area contributed by atoms with Crippen LogP contribution in [-0.2, 0) is 19.1 Å². The molecule has 25 heavy (non-hydrogen) atoms. The van der Waals surface area contributed by atoms with Gasteiger partial charge in [0.05, 0.1) is 18.6 Å². The summed E-state index contributed by atoms with van der Waals surface area (Å²) in [5, 5.41) is 0. The van der Waals surface area contributed by atoms with Crippen LogP contribution >= 0.6 is 0 Å². The van der Waals surface area contributed by atoms with Gasteiger partial charge in [-0.3, -0.25) is 9.59 Å². The van der Waals surface area contributed by atoms with Crippen molar-refractivity contribution in [3.05, 3.63) is 23.8 Å². The fourth-order valence-electron chi connectivity index (χ4n) is 6.81. The number of hydrogen-bond donors (Lipinski definition) is 0. The first-order valence-electron chi connectivity index (χ1n) is 9.66. The molecule has 4 heteroatoms. The van der Waals surface area contributed by atoms with Crippen LogP contribution in [-0.4, -0.2) is 30.6 Å². The third-order valence-corrected chi connectivity index (χ3v) is 8.19. The fraction of sp³-hybridized carbons (Fsp3) is 0.714. The summed E-state index contributed by atoms with van der Waals surface area (Å²) in [5.74, 6) is 0.826. The Kier molecular flexibility index (Phi) is 3.14. The molecule has 134 valence electrons. The molecule has 1 heterocycles. The predicted octanol–water partition coefficient (Wildman–Crippen LogP) is 3.22. The van der Waals surface area contributed by atoms with E-state index in [1.54, 1.807) is 6.08 Å². The van der Waals surface area contributed by atoms with Gasteiger partial charge in [-0.05, 0) is 56.1 Å². The van der Waals surface area contributed by atoms with Gasteiger partial charge in [0, 0.05) is 18.3 Å². The van der Waals surface area contributed by atoms with Gasteiger partial charge < -0.3 is 9.47 Å². The SMILES string of the molecule is C[C@]12C=CC(=O)C=C1CC[C@@H]1[C@@H]2CC2(OCCO2)[C@]2(C)C(=O)CC[C@@H]12. The lowest BCUT2D eigenvalue weighted by Gasteiger charge is -2.60. The highest BCUT2D eigenvalue weighted by Crippen LogP contribution is 2.68. The predicted molar refractivity (Wildman–Crippen MR) is 91.6 cm³/mol. The molecule has 1 saturated heterocycles. The zero-order chi connectivity index (χ0) is 17.4. The largest absolute Gasteiger partial charge is 0.346 e. The van der Waals surface area contributed by atoms with Gasteiger partial charge in [-0.25, -0.2) is 0 Å². The Hall–Kier alpha value is -1.26. The van der Waals surface area contributed by atoms with Crippen LogP contribution in [0, 0.1) is 28.6 Å². The molecule has 0 aromatic heterocycles. The molecule has 0 aromatic rings. The van der Waals surface area contributed by atoms with Gasteiger partial charge in [-0.1, -0.05) is 18.6 Å². The number of allylic oxidation sites excluding steroid dienone is 4. The molecular formula is C21H26O4. The Morgan fingerprint density at radius 1 is 1.04 bits per heavy atom. The van der Waals surface area contributed by atoms with E-state index in [1.165, 1.54) is 5.57 Å². The maximum absolute atomic E-state index is 12.9. The summed E-state index contributed by atoms with van der Waals surface area (Å²) < 4.78 is 12.4. The lowest BCUT2D eigenvalue weighted by Crippen LogP contribution is -2.63. The second kappa shape index (κ2) is 4.92. The number of ketones is 2. The first-order valence-corrected chi connectivity index (χ1v) is 9.66. The summed E-state index contributed by atoms with van der Waals surface area (Å²) in [5.41, 5.74) is 0.616. The summed E-state index contributed by atoms with van der Waals surface area (Å²) >= 11 is 0. The molecule has 5 aliphatic rings. The Bertz CT molecular complexity index is 713. The Labute approximate surface area is 148 Å². The highest BCUT2D eigenvalue weighted by Gasteiger charge is 2.70. The summed E-state index contributed by atoms with van der Waals surface area (Å²) in [4.78, 5) is 24.8. The van der Waals surface area contributed by atoms with E-state index in [-0.39, 0.29) is 11.2 Å². The van der Waals surface area contributed by atoms with Crippen molar-refractivity contribution >= 4 is 11.6 Å². The smallest absolute Gasteiger partial charge is 0.181 e. The van der Waals surface area contributed by atoms with Crippen molar-refractivity contribution in [2.75, 3.05) is 13.2 Å². The third-order valence-electron chi connectivity index (χ3n) is 8.19. The van der Waals surface area contributed by atoms with E-state index in [9.17, 15) is 9.59 Å². The topological polar surface area (TPSA) is 52.6 Å². The number of hydrogen-bond acceptors (Lipinski definition) is 4. The van der Waals surface area contributed by atoms with Crippen LogP contribution in [0.15, 0.2) is 23.8 Å². The molecule has 0 radical (unpaired) electrons. The van der Waals surface area contributed by atoms with Crippen molar-refractivity contribution in [1.29, 1.82) is 0 Å². The van der Waals surface area contributed by atoms with Crippen LogP contribution in [0.25, 0.3) is 0 Å². The average Bonchev–Trinajstić information content (AvgIpc) is 3.17. The Morgan fingerprint density at radius 3 is 2.56 bits per heavy atom. The summed E-state index contributed by atoms with van der Waals surface area (Å²) in [7, 11) is 0. The minimum absolute atomic E-state index is 0.102. The molecule has 0 amide bonds. The Morgan fingerprint density at radius 2 is 1.80 bits per heavy atom. The van der Waals surface area contributed by atoms with Gasteiger partial charge in [0.25, 0.3) is 0 Å². The Balaban J connectivity index is 1.63. The first kappa shape index (κ1) is 16.0. The van der Waals surface area contributed by atoms with Gasteiger partial charge in [0.15, 0.2) is 11.6 Å². The number of carbonyl (C=O) groups excluding carboxylic acids is 2. The molecule has 0 unspecified atom stereocenters. The maximum Gasteiger partial charge on any atom is 0.181 e.